The van der Waals surface area contributed by atoms with E-state index in [1.54, 1.807) is 0 Å². The third-order valence-corrected chi connectivity index (χ3v) is 9.70. The Labute approximate surface area is 282 Å². The van der Waals surface area contributed by atoms with Crippen molar-refractivity contribution in [1.29, 1.82) is 0 Å². The molecule has 0 fully saturated rings. The first kappa shape index (κ1) is 27.6. The zero-order chi connectivity index (χ0) is 32.3. The van der Waals surface area contributed by atoms with Crippen molar-refractivity contribution >= 4 is 65.9 Å². The van der Waals surface area contributed by atoms with E-state index in [-0.39, 0.29) is 6.17 Å². The van der Waals surface area contributed by atoms with Gasteiger partial charge in [-0.25, -0.2) is 9.98 Å². The first-order chi connectivity index (χ1) is 24.3. The summed E-state index contributed by atoms with van der Waals surface area (Å²) in [6, 6.07) is 57.5. The number of aliphatic imine (C=N–C) groups is 2. The molecule has 9 aromatic rings. The first-order valence-electron chi connectivity index (χ1n) is 16.6. The molecule has 2 heterocycles. The molecule has 10 rings (SSSR count). The molecule has 230 valence electrons. The topological polar surface area (TPSA) is 49.9 Å². The number of nitrogens with zero attached hydrogens (tertiary/aromatic N) is 2. The molecule has 0 amide bonds. The van der Waals surface area contributed by atoms with Crippen LogP contribution in [0.25, 0.3) is 65.4 Å². The highest BCUT2D eigenvalue weighted by Crippen LogP contribution is 2.40. The van der Waals surface area contributed by atoms with Crippen LogP contribution >= 0.6 is 0 Å². The van der Waals surface area contributed by atoms with Gasteiger partial charge in [0.25, 0.3) is 0 Å². The van der Waals surface area contributed by atoms with E-state index in [0.717, 1.165) is 55.6 Å². The van der Waals surface area contributed by atoms with Crippen molar-refractivity contribution in [2.75, 3.05) is 0 Å². The lowest BCUT2D eigenvalue weighted by Gasteiger charge is -2.24. The third kappa shape index (κ3) is 4.61. The van der Waals surface area contributed by atoms with Crippen LogP contribution in [0.15, 0.2) is 178 Å². The molecule has 1 unspecified atom stereocenters. The fourth-order valence-electron chi connectivity index (χ4n) is 7.32. The summed E-state index contributed by atoms with van der Waals surface area (Å²) in [5.74, 6) is 1.45. The Hall–Kier alpha value is -6.52. The van der Waals surface area contributed by atoms with Gasteiger partial charge >= 0.3 is 0 Å². The second kappa shape index (κ2) is 11.0. The summed E-state index contributed by atoms with van der Waals surface area (Å²) in [7, 11) is 0. The first-order valence-corrected chi connectivity index (χ1v) is 16.6. The largest absolute Gasteiger partial charge is 0.456 e. The molecule has 0 bridgehead atoms. The van der Waals surface area contributed by atoms with Crippen molar-refractivity contribution in [3.8, 4) is 11.1 Å². The maximum Gasteiger partial charge on any atom is 0.159 e. The highest BCUT2D eigenvalue weighted by Gasteiger charge is 2.25. The maximum atomic E-state index is 6.53. The van der Waals surface area contributed by atoms with Crippen LogP contribution in [-0.4, -0.2) is 11.7 Å². The van der Waals surface area contributed by atoms with Crippen LogP contribution in [0.3, 0.4) is 0 Å². The number of fused-ring (bicyclic) bond motifs is 7. The molecule has 0 saturated carbocycles. The van der Waals surface area contributed by atoms with Crippen molar-refractivity contribution < 1.29 is 4.42 Å². The lowest BCUT2D eigenvalue weighted by molar-refractivity contribution is 0.668. The van der Waals surface area contributed by atoms with E-state index in [1.807, 2.05) is 18.2 Å². The van der Waals surface area contributed by atoms with Crippen molar-refractivity contribution in [3.63, 3.8) is 0 Å². The second-order valence-electron chi connectivity index (χ2n) is 12.6. The molecule has 1 aromatic heterocycles. The third-order valence-electron chi connectivity index (χ3n) is 9.70. The van der Waals surface area contributed by atoms with Crippen LogP contribution in [0.1, 0.15) is 22.9 Å². The van der Waals surface area contributed by atoms with Gasteiger partial charge in [-0.2, -0.15) is 0 Å². The number of nitrogens with one attached hydrogen (secondary N) is 1. The molecule has 1 atom stereocenters. The minimum absolute atomic E-state index is 0.319. The Kier molecular flexibility index (Phi) is 6.21. The summed E-state index contributed by atoms with van der Waals surface area (Å²) in [5.41, 5.74) is 6.96. The van der Waals surface area contributed by atoms with Crippen LogP contribution in [-0.2, 0) is 0 Å². The maximum absolute atomic E-state index is 6.53. The number of hydrogen-bond acceptors (Lipinski definition) is 4. The van der Waals surface area contributed by atoms with Crippen LogP contribution < -0.4 is 5.32 Å². The second-order valence-corrected chi connectivity index (χ2v) is 12.6. The summed E-state index contributed by atoms with van der Waals surface area (Å²) in [4.78, 5) is 10.5. The average Bonchev–Trinajstić information content (AvgIpc) is 3.57. The number of amidine groups is 2. The summed E-state index contributed by atoms with van der Waals surface area (Å²) in [6.07, 6.45) is -0.319. The molecule has 1 N–H and O–H groups in total. The quantitative estimate of drug-likeness (QED) is 0.197. The molecular weight excluding hydrogens is 599 g/mol. The van der Waals surface area contributed by atoms with Crippen molar-refractivity contribution in [2.45, 2.75) is 6.17 Å². The van der Waals surface area contributed by atoms with E-state index in [1.165, 1.54) is 32.3 Å². The summed E-state index contributed by atoms with van der Waals surface area (Å²) in [5, 5.41) is 13.0. The normalized spacial score (nSPS) is 14.7. The molecule has 1 aliphatic rings. The number of furan rings is 1. The molecule has 4 heteroatoms. The van der Waals surface area contributed by atoms with Gasteiger partial charge in [0.1, 0.15) is 23.2 Å². The van der Waals surface area contributed by atoms with Crippen molar-refractivity contribution in [3.05, 3.63) is 180 Å². The highest BCUT2D eigenvalue weighted by atomic mass is 16.3. The van der Waals surface area contributed by atoms with E-state index in [0.29, 0.717) is 5.84 Å². The van der Waals surface area contributed by atoms with Gasteiger partial charge in [-0.3, -0.25) is 0 Å². The minimum Gasteiger partial charge on any atom is -0.456 e. The predicted molar refractivity (Wildman–Crippen MR) is 204 cm³/mol. The van der Waals surface area contributed by atoms with Crippen LogP contribution in [0, 0.1) is 0 Å². The molecular formula is C45H29N3O. The van der Waals surface area contributed by atoms with Crippen LogP contribution in [0.5, 0.6) is 0 Å². The van der Waals surface area contributed by atoms with Gasteiger partial charge in [-0.05, 0) is 73.3 Å². The summed E-state index contributed by atoms with van der Waals surface area (Å²) < 4.78 is 6.53. The van der Waals surface area contributed by atoms with Crippen LogP contribution in [0.2, 0.25) is 0 Å². The van der Waals surface area contributed by atoms with Gasteiger partial charge < -0.3 is 9.73 Å². The number of hydrogen-bond donors (Lipinski definition) is 1. The average molecular weight is 628 g/mol. The van der Waals surface area contributed by atoms with Crippen LogP contribution in [0.4, 0.5) is 0 Å². The van der Waals surface area contributed by atoms with Gasteiger partial charge in [0.05, 0.1) is 0 Å². The Morgan fingerprint density at radius 3 is 1.94 bits per heavy atom. The van der Waals surface area contributed by atoms with Gasteiger partial charge in [0.2, 0.25) is 0 Å². The molecule has 49 heavy (non-hydrogen) atoms. The SMILES string of the molecule is c1ccc(C2N=C(c3ccc4ccc5ccccc5c4c3)N=C(c3cccc4oc5cccc(-c6ccc7ccccc7c6)c5c34)N2)cc1. The Bertz CT molecular complexity index is 2810. The van der Waals surface area contributed by atoms with Gasteiger partial charge in [-0.15, -0.1) is 0 Å². The zero-order valence-corrected chi connectivity index (χ0v) is 26.5. The standard InChI is InChI=1S/C45H29N3O/c1-2-12-31(13-3-1)43-46-44(34-25-23-30-22-21-29-11-6-7-15-35(29)38(30)27-34)48-45(47-43)37-17-9-19-40-42(37)41-36(16-8-18-39(41)49-40)33-24-20-28-10-4-5-14-32(28)26-33/h1-27,43H,(H,46,47,48). The Morgan fingerprint density at radius 1 is 0.469 bits per heavy atom. The Morgan fingerprint density at radius 2 is 1.10 bits per heavy atom. The molecule has 0 aliphatic carbocycles. The van der Waals surface area contributed by atoms with E-state index in [4.69, 9.17) is 14.4 Å². The van der Waals surface area contributed by atoms with E-state index in [9.17, 15) is 0 Å². The summed E-state index contributed by atoms with van der Waals surface area (Å²) in [6.45, 7) is 0. The summed E-state index contributed by atoms with van der Waals surface area (Å²) >= 11 is 0. The fourth-order valence-corrected chi connectivity index (χ4v) is 7.32. The van der Waals surface area contributed by atoms with Gasteiger partial charge in [-0.1, -0.05) is 140 Å². The molecule has 4 nitrogen and oxygen atoms in total. The molecule has 0 spiro atoms. The predicted octanol–water partition coefficient (Wildman–Crippen LogP) is 11.2. The molecule has 1 aliphatic heterocycles. The lowest BCUT2D eigenvalue weighted by Crippen LogP contribution is -2.33. The molecule has 8 aromatic carbocycles. The van der Waals surface area contributed by atoms with E-state index >= 15 is 0 Å². The van der Waals surface area contributed by atoms with Crippen molar-refractivity contribution in [1.82, 2.24) is 5.32 Å². The lowest BCUT2D eigenvalue weighted by atomic mass is 9.95. The van der Waals surface area contributed by atoms with Crippen molar-refractivity contribution in [2.24, 2.45) is 9.98 Å². The Balaban J connectivity index is 1.19. The zero-order valence-electron chi connectivity index (χ0n) is 26.5. The smallest absolute Gasteiger partial charge is 0.159 e. The molecule has 0 saturated heterocycles. The van der Waals surface area contributed by atoms with Gasteiger partial charge in [0.15, 0.2) is 5.84 Å². The number of rotatable bonds is 4. The van der Waals surface area contributed by atoms with E-state index < -0.39 is 0 Å². The highest BCUT2D eigenvalue weighted by molar-refractivity contribution is 6.24. The minimum atomic E-state index is -0.319. The van der Waals surface area contributed by atoms with Gasteiger partial charge in [0, 0.05) is 21.9 Å². The fraction of sp³-hybridized carbons (Fsp3) is 0.0222. The monoisotopic (exact) mass is 627 g/mol. The molecule has 0 radical (unpaired) electrons. The number of benzene rings is 8. The van der Waals surface area contributed by atoms with E-state index in [2.05, 4.69) is 151 Å².